The van der Waals surface area contributed by atoms with Crippen LogP contribution < -0.4 is 15.4 Å². The molecule has 2 aromatic carbocycles. The Labute approximate surface area is 178 Å². The summed E-state index contributed by atoms with van der Waals surface area (Å²) >= 11 is 0. The minimum Gasteiger partial charge on any atom is -0.494 e. The molecule has 158 valence electrons. The Bertz CT molecular complexity index is 974. The fourth-order valence-corrected chi connectivity index (χ4v) is 3.22. The summed E-state index contributed by atoms with van der Waals surface area (Å²) in [5.74, 6) is 1.98. The number of pyridine rings is 1. The van der Waals surface area contributed by atoms with Crippen molar-refractivity contribution in [2.45, 2.75) is 40.3 Å². The molecule has 0 aliphatic carbocycles. The summed E-state index contributed by atoms with van der Waals surface area (Å²) in [6.45, 7) is 9.08. The highest BCUT2D eigenvalue weighted by Crippen LogP contribution is 2.37. The van der Waals surface area contributed by atoms with Gasteiger partial charge in [0.2, 0.25) is 0 Å². The van der Waals surface area contributed by atoms with E-state index in [1.807, 2.05) is 50.2 Å². The van der Waals surface area contributed by atoms with Gasteiger partial charge >= 0.3 is 0 Å². The van der Waals surface area contributed by atoms with E-state index in [1.54, 1.807) is 18.3 Å². The van der Waals surface area contributed by atoms with E-state index in [1.165, 1.54) is 6.07 Å². The normalized spacial score (nSPS) is 14.3. The van der Waals surface area contributed by atoms with Gasteiger partial charge < -0.3 is 15.4 Å². The average molecular weight is 408 g/mol. The Morgan fingerprint density at radius 2 is 1.83 bits per heavy atom. The van der Waals surface area contributed by atoms with Crippen molar-refractivity contribution in [3.63, 3.8) is 0 Å². The highest BCUT2D eigenvalue weighted by Gasteiger charge is 2.23. The van der Waals surface area contributed by atoms with Gasteiger partial charge in [-0.15, -0.1) is 0 Å². The summed E-state index contributed by atoms with van der Waals surface area (Å²) in [5.41, 5.74) is 3.21. The van der Waals surface area contributed by atoms with Crippen molar-refractivity contribution in [1.82, 2.24) is 4.98 Å². The molecule has 30 heavy (non-hydrogen) atoms. The van der Waals surface area contributed by atoms with Crippen molar-refractivity contribution in [1.29, 1.82) is 0 Å². The fraction of sp³-hybridized carbons (Fsp3) is 0.320. The molecule has 0 bridgehead atoms. The van der Waals surface area contributed by atoms with E-state index in [0.717, 1.165) is 34.8 Å². The van der Waals surface area contributed by atoms with E-state index in [9.17, 15) is 4.39 Å². The Morgan fingerprint density at radius 3 is 2.60 bits per heavy atom. The molecule has 0 saturated heterocycles. The number of benzene rings is 2. The van der Waals surface area contributed by atoms with Gasteiger partial charge in [-0.25, -0.2) is 9.37 Å². The second-order valence-electron chi connectivity index (χ2n) is 7.43. The van der Waals surface area contributed by atoms with Crippen LogP contribution in [-0.4, -0.2) is 11.6 Å². The first-order valence-corrected chi connectivity index (χ1v) is 10.6. The van der Waals surface area contributed by atoms with Gasteiger partial charge in [0.05, 0.1) is 12.3 Å². The van der Waals surface area contributed by atoms with Gasteiger partial charge in [-0.3, -0.25) is 0 Å². The van der Waals surface area contributed by atoms with Crippen molar-refractivity contribution >= 4 is 11.5 Å². The maximum absolute atomic E-state index is 14.1. The van der Waals surface area contributed by atoms with E-state index < -0.39 is 0 Å². The third-order valence-electron chi connectivity index (χ3n) is 4.81. The first-order chi connectivity index (χ1) is 14.6. The van der Waals surface area contributed by atoms with Crippen LogP contribution in [0.25, 0.3) is 11.1 Å². The summed E-state index contributed by atoms with van der Waals surface area (Å²) in [5, 5.41) is 6.80. The topological polar surface area (TPSA) is 46.2 Å². The number of rotatable bonds is 6. The highest BCUT2D eigenvalue weighted by atomic mass is 19.1. The maximum atomic E-state index is 14.1. The first-order valence-electron chi connectivity index (χ1n) is 10.6. The van der Waals surface area contributed by atoms with Gasteiger partial charge in [0.1, 0.15) is 17.7 Å². The van der Waals surface area contributed by atoms with Gasteiger partial charge in [0.25, 0.3) is 0 Å². The summed E-state index contributed by atoms with van der Waals surface area (Å²) < 4.78 is 20.0. The number of nitrogens with one attached hydrogen (secondary N) is 2. The molecule has 1 aliphatic rings. The number of anilines is 2. The van der Waals surface area contributed by atoms with Gasteiger partial charge in [0, 0.05) is 17.3 Å². The molecule has 0 saturated carbocycles. The van der Waals surface area contributed by atoms with Crippen LogP contribution in [0.4, 0.5) is 15.9 Å². The van der Waals surface area contributed by atoms with Crippen LogP contribution in [0.2, 0.25) is 0 Å². The lowest BCUT2D eigenvalue weighted by Gasteiger charge is -2.14. The standard InChI is InChI=1S/C23H24FN3O.C2H6/c1-15(2)10-11-28-18-7-5-6-16(12-18)22-26-21-13-17(14-25-23(21)27-22)19-8-3-4-9-20(19)24;1-2/h3-9,12-15,22,26H,10-11H2,1-2H3,(H,25,27);1-2H3. The molecule has 3 aromatic rings. The van der Waals surface area contributed by atoms with Gasteiger partial charge in [-0.1, -0.05) is 58.0 Å². The van der Waals surface area contributed by atoms with E-state index in [2.05, 4.69) is 29.5 Å². The predicted octanol–water partition coefficient (Wildman–Crippen LogP) is 6.88. The number of halogens is 1. The maximum Gasteiger partial charge on any atom is 0.151 e. The fourth-order valence-electron chi connectivity index (χ4n) is 3.22. The lowest BCUT2D eigenvalue weighted by molar-refractivity contribution is 0.289. The van der Waals surface area contributed by atoms with Gasteiger partial charge in [-0.05, 0) is 42.2 Å². The second kappa shape index (κ2) is 10.1. The van der Waals surface area contributed by atoms with Crippen LogP contribution in [0, 0.1) is 11.7 Å². The van der Waals surface area contributed by atoms with Crippen LogP contribution in [0.15, 0.2) is 60.8 Å². The van der Waals surface area contributed by atoms with Crippen LogP contribution in [0.1, 0.15) is 45.8 Å². The minimum atomic E-state index is -0.252. The Hall–Kier alpha value is -3.08. The predicted molar refractivity (Wildman–Crippen MR) is 122 cm³/mol. The van der Waals surface area contributed by atoms with Gasteiger partial charge in [0.15, 0.2) is 5.82 Å². The van der Waals surface area contributed by atoms with E-state index in [4.69, 9.17) is 4.74 Å². The molecule has 1 unspecified atom stereocenters. The third kappa shape index (κ3) is 5.09. The molecule has 1 aliphatic heterocycles. The van der Waals surface area contributed by atoms with E-state index >= 15 is 0 Å². The third-order valence-corrected chi connectivity index (χ3v) is 4.81. The SMILES string of the molecule is CC.CC(C)CCOc1cccc(C2Nc3cc(-c4ccccc4F)cnc3N2)c1. The van der Waals surface area contributed by atoms with Crippen LogP contribution in [0.5, 0.6) is 5.75 Å². The molecule has 2 heterocycles. The molecule has 0 spiro atoms. The summed E-state index contributed by atoms with van der Waals surface area (Å²) in [6, 6.07) is 16.7. The molecule has 1 atom stereocenters. The molecule has 1 aromatic heterocycles. The van der Waals surface area contributed by atoms with Gasteiger partial charge in [-0.2, -0.15) is 0 Å². The Balaban J connectivity index is 0.00000124. The largest absolute Gasteiger partial charge is 0.494 e. The van der Waals surface area contributed by atoms with E-state index in [-0.39, 0.29) is 12.0 Å². The second-order valence-corrected chi connectivity index (χ2v) is 7.43. The number of fused-ring (bicyclic) bond motifs is 1. The Morgan fingerprint density at radius 1 is 1.03 bits per heavy atom. The van der Waals surface area contributed by atoms with Crippen molar-refractivity contribution in [3.8, 4) is 16.9 Å². The smallest absolute Gasteiger partial charge is 0.151 e. The Kier molecular flexibility index (Phi) is 7.28. The summed E-state index contributed by atoms with van der Waals surface area (Å²) in [7, 11) is 0. The number of ether oxygens (including phenoxy) is 1. The monoisotopic (exact) mass is 407 g/mol. The van der Waals surface area contributed by atoms with Crippen molar-refractivity contribution in [2.24, 2.45) is 5.92 Å². The first kappa shape index (κ1) is 21.6. The molecule has 4 rings (SSSR count). The molecule has 4 nitrogen and oxygen atoms in total. The average Bonchev–Trinajstić information content (AvgIpc) is 3.19. The zero-order valence-corrected chi connectivity index (χ0v) is 18.1. The number of hydrogen-bond donors (Lipinski definition) is 2. The quantitative estimate of drug-likeness (QED) is 0.468. The number of hydrogen-bond acceptors (Lipinski definition) is 4. The zero-order valence-electron chi connectivity index (χ0n) is 18.1. The van der Waals surface area contributed by atoms with Crippen LogP contribution in [0.3, 0.4) is 0 Å². The van der Waals surface area contributed by atoms with Crippen molar-refractivity contribution in [3.05, 3.63) is 72.2 Å². The van der Waals surface area contributed by atoms with Crippen LogP contribution in [-0.2, 0) is 0 Å². The van der Waals surface area contributed by atoms with Crippen LogP contribution >= 0.6 is 0 Å². The number of aromatic nitrogens is 1. The molecule has 0 radical (unpaired) electrons. The van der Waals surface area contributed by atoms with Crippen molar-refractivity contribution in [2.75, 3.05) is 17.2 Å². The lowest BCUT2D eigenvalue weighted by atomic mass is 10.1. The molecular formula is C25H30FN3O. The molecule has 0 fully saturated rings. The molecule has 0 amide bonds. The van der Waals surface area contributed by atoms with Crippen molar-refractivity contribution < 1.29 is 9.13 Å². The van der Waals surface area contributed by atoms with E-state index in [0.29, 0.717) is 18.1 Å². The zero-order chi connectivity index (χ0) is 21.5. The summed E-state index contributed by atoms with van der Waals surface area (Å²) in [6.07, 6.45) is 2.62. The lowest BCUT2D eigenvalue weighted by Crippen LogP contribution is -2.12. The molecular weight excluding hydrogens is 377 g/mol. The molecule has 2 N–H and O–H groups in total. The number of nitrogens with zero attached hydrogens (tertiary/aromatic N) is 1. The highest BCUT2D eigenvalue weighted by molar-refractivity contribution is 5.78. The summed E-state index contributed by atoms with van der Waals surface area (Å²) in [4.78, 5) is 4.47. The molecule has 5 heteroatoms. The minimum absolute atomic E-state index is 0.105.